The highest BCUT2D eigenvalue weighted by atomic mass is 31.2. The van der Waals surface area contributed by atoms with Gasteiger partial charge in [0.15, 0.2) is 30.4 Å². The zero-order chi connectivity index (χ0) is 78.6. The predicted octanol–water partition coefficient (Wildman–Crippen LogP) is 7.88. The van der Waals surface area contributed by atoms with Crippen LogP contribution >= 0.6 is 8.53 Å². The van der Waals surface area contributed by atoms with Gasteiger partial charge in [0.25, 0.3) is 14.4 Å². The first-order valence-corrected chi connectivity index (χ1v) is 39.5. The molecule has 0 aromatic heterocycles. The molecule has 4 amide bonds. The maximum atomic E-state index is 14.1. The summed E-state index contributed by atoms with van der Waals surface area (Å²) >= 11 is 0. The Kier molecular flexibility index (Phi) is 47.2. The van der Waals surface area contributed by atoms with E-state index in [1.165, 1.54) is 34.6 Å². The minimum absolute atomic E-state index is 0.00192. The second-order valence-electron chi connectivity index (χ2n) is 27.3. The van der Waals surface area contributed by atoms with Crippen LogP contribution in [0.1, 0.15) is 173 Å². The van der Waals surface area contributed by atoms with Crippen molar-refractivity contribution in [2.24, 2.45) is 23.7 Å². The summed E-state index contributed by atoms with van der Waals surface area (Å²) in [6.45, 7) is 33.3. The molecule has 0 saturated carbocycles. The normalized spacial score (nSPS) is 24.7. The zero-order valence-corrected chi connectivity index (χ0v) is 67.4. The van der Waals surface area contributed by atoms with Crippen LogP contribution in [0.2, 0.25) is 0 Å². The van der Waals surface area contributed by atoms with Crippen molar-refractivity contribution in [3.8, 4) is 23.3 Å². The molecule has 31 nitrogen and oxygen atoms in total. The quantitative estimate of drug-likeness (QED) is 0.0273. The highest BCUT2D eigenvalue weighted by Gasteiger charge is 2.48. The van der Waals surface area contributed by atoms with Gasteiger partial charge in [0.1, 0.15) is 44.1 Å². The van der Waals surface area contributed by atoms with Crippen molar-refractivity contribution in [2.75, 3.05) is 139 Å². The summed E-state index contributed by atoms with van der Waals surface area (Å²) in [7, 11) is -1.34. The number of ether oxygens (including phenoxy) is 17. The summed E-state index contributed by atoms with van der Waals surface area (Å²) in [6, 6.07) is 3.93. The predicted molar refractivity (Wildman–Crippen MR) is 395 cm³/mol. The molecule has 1 aromatic rings. The molecule has 107 heavy (non-hydrogen) atoms. The van der Waals surface area contributed by atoms with Gasteiger partial charge in [-0.05, 0) is 83.8 Å². The van der Waals surface area contributed by atoms with Crippen LogP contribution < -0.4 is 35.5 Å². The third-order valence-corrected chi connectivity index (χ3v) is 20.3. The molecular formula is C75H129N6O25P. The lowest BCUT2D eigenvalue weighted by molar-refractivity contribution is -0.256. The van der Waals surface area contributed by atoms with Crippen LogP contribution in [0, 0.1) is 35.0 Å². The highest BCUT2D eigenvalue weighted by molar-refractivity contribution is 7.44. The van der Waals surface area contributed by atoms with Crippen molar-refractivity contribution in [3.05, 3.63) is 17.7 Å². The van der Waals surface area contributed by atoms with Crippen LogP contribution in [0.5, 0.6) is 17.2 Å². The standard InChI is InChI=1S/C75H129N6O25P/c1-17-61-51(8)52(9)66(78-55(12)82)73(104-61)97-44-38-91-32-29-88-35-41-94-64-47-60(72(87)77-26-22-20-21-23-27-100-107(101-28-24-25-76)81(49(4)5)50(6)7)48-65(95-42-36-89-30-33-92-39-45-98-74-67(79-56(13)83)69(102-58(15)85)53(10)62(18-2)105-74)71(64)96-43-37-90-31-34-93-40-46-99-75-68(80-57(14)84)70(103-59(16)86)54(11)63(19-3)106-75/h47-54,61-63,66-70,73-75H,17-24,26-46H2,1-16H3,(H,77,87)(H,78,82)(H,79,83)(H,80,84)/t51-,52+,53+,54+,61-,62-,63-,66-,67-,68-,69+,70+,73-,74-,75-,107?/m1/s1. The van der Waals surface area contributed by atoms with Crippen molar-refractivity contribution >= 4 is 44.1 Å². The summed E-state index contributed by atoms with van der Waals surface area (Å²) in [4.78, 5) is 74.9. The van der Waals surface area contributed by atoms with E-state index in [2.05, 4.69) is 80.5 Å². The molecule has 1 aromatic carbocycles. The summed E-state index contributed by atoms with van der Waals surface area (Å²) in [5, 5.41) is 20.9. The number of benzene rings is 1. The number of amides is 4. The number of hydrogen-bond acceptors (Lipinski definition) is 27. The van der Waals surface area contributed by atoms with Crippen LogP contribution in [0.4, 0.5) is 0 Å². The summed E-state index contributed by atoms with van der Waals surface area (Å²) in [5.41, 5.74) is 0.246. The molecule has 3 saturated heterocycles. The minimum Gasteiger partial charge on any atom is -0.487 e. The number of nitrogens with zero attached hydrogens (tertiary/aromatic N) is 2. The lowest BCUT2D eigenvalue weighted by Crippen LogP contribution is -2.62. The van der Waals surface area contributed by atoms with Crippen LogP contribution in [0.15, 0.2) is 12.1 Å². The van der Waals surface area contributed by atoms with E-state index in [-0.39, 0.29) is 232 Å². The van der Waals surface area contributed by atoms with Crippen LogP contribution in [0.3, 0.4) is 0 Å². The number of carbonyl (C=O) groups excluding carboxylic acids is 6. The van der Waals surface area contributed by atoms with E-state index in [0.717, 1.165) is 25.7 Å². The highest BCUT2D eigenvalue weighted by Crippen LogP contribution is 2.46. The Morgan fingerprint density at radius 2 is 0.832 bits per heavy atom. The molecule has 3 aliphatic rings. The Morgan fingerprint density at radius 1 is 0.467 bits per heavy atom. The fourth-order valence-corrected chi connectivity index (χ4v) is 14.5. The van der Waals surface area contributed by atoms with E-state index in [1.807, 2.05) is 27.7 Å². The van der Waals surface area contributed by atoms with Gasteiger partial charge in [-0.2, -0.15) is 5.26 Å². The number of nitrogens with one attached hydrogen (secondary N) is 4. The number of esters is 2. The van der Waals surface area contributed by atoms with Crippen molar-refractivity contribution in [2.45, 2.75) is 242 Å². The van der Waals surface area contributed by atoms with E-state index >= 15 is 0 Å². The van der Waals surface area contributed by atoms with Gasteiger partial charge < -0.3 is 111 Å². The second kappa shape index (κ2) is 53.6. The summed E-state index contributed by atoms with van der Waals surface area (Å²) in [5.74, 6) is -1.53. The molecule has 1 unspecified atom stereocenters. The number of carbonyl (C=O) groups is 6. The van der Waals surface area contributed by atoms with Crippen molar-refractivity contribution in [1.29, 1.82) is 5.26 Å². The van der Waals surface area contributed by atoms with Crippen LogP contribution in [0.25, 0.3) is 0 Å². The van der Waals surface area contributed by atoms with Gasteiger partial charge in [-0.1, -0.05) is 61.3 Å². The third kappa shape index (κ3) is 34.9. The maximum absolute atomic E-state index is 14.1. The number of unbranched alkanes of at least 4 members (excludes halogenated alkanes) is 3. The molecule has 3 heterocycles. The van der Waals surface area contributed by atoms with E-state index in [4.69, 9.17) is 94.8 Å². The molecule has 614 valence electrons. The minimum atomic E-state index is -1.34. The molecule has 0 spiro atoms. The van der Waals surface area contributed by atoms with E-state index in [1.54, 1.807) is 12.1 Å². The Bertz CT molecular complexity index is 2730. The van der Waals surface area contributed by atoms with Gasteiger partial charge >= 0.3 is 11.9 Å². The lowest BCUT2D eigenvalue weighted by atomic mass is 9.81. The molecule has 16 atom stereocenters. The van der Waals surface area contributed by atoms with Crippen LogP contribution in [-0.2, 0) is 99.3 Å². The zero-order valence-electron chi connectivity index (χ0n) is 66.5. The summed E-state index contributed by atoms with van der Waals surface area (Å²) in [6.07, 6.45) is 1.26. The SMILES string of the molecule is CC[C@H]1O[C@@H](OCCOCCOCCOc2cc(C(=O)NCCCCCCOP(OCCC#N)N(C(C)C)C(C)C)cc(OCCOCCOCCO[C@@H]3O[C@H](CC)[C@H](C)[C@H](OC(C)=O)[C@H]3NC(C)=O)c2OCCOCCOCCO[C@@H]2O[C@H](CC)[C@H](C)[C@H](OC(C)=O)[C@H]2NC(C)=O)[C@H](NC(C)=O)[C@@H](C)[C@H]1C. The summed E-state index contributed by atoms with van der Waals surface area (Å²) < 4.78 is 117. The molecule has 4 N–H and O–H groups in total. The van der Waals surface area contributed by atoms with E-state index < -0.39 is 63.6 Å². The molecule has 3 fully saturated rings. The lowest BCUT2D eigenvalue weighted by Gasteiger charge is -2.44. The Balaban J connectivity index is 1.43. The van der Waals surface area contributed by atoms with E-state index in [0.29, 0.717) is 39.0 Å². The van der Waals surface area contributed by atoms with Gasteiger partial charge in [-0.25, -0.2) is 4.67 Å². The van der Waals surface area contributed by atoms with Crippen molar-refractivity contribution < 1.29 is 118 Å². The maximum Gasteiger partial charge on any atom is 0.302 e. The van der Waals surface area contributed by atoms with Gasteiger partial charge in [0.05, 0.1) is 149 Å². The van der Waals surface area contributed by atoms with Crippen molar-refractivity contribution in [1.82, 2.24) is 25.9 Å². The Labute approximate surface area is 636 Å². The van der Waals surface area contributed by atoms with Crippen molar-refractivity contribution in [3.63, 3.8) is 0 Å². The second-order valence-corrected chi connectivity index (χ2v) is 28.8. The smallest absolute Gasteiger partial charge is 0.302 e. The molecule has 3 aliphatic heterocycles. The Hall–Kier alpha value is -5.24. The molecule has 32 heteroatoms. The van der Waals surface area contributed by atoms with Gasteiger partial charge in [0, 0.05) is 70.6 Å². The number of hydrogen-bond donors (Lipinski definition) is 4. The third-order valence-electron chi connectivity index (χ3n) is 18.2. The molecule has 0 aliphatic carbocycles. The average Bonchev–Trinajstić information content (AvgIpc) is 0.830. The monoisotopic (exact) mass is 1540 g/mol. The fourth-order valence-electron chi connectivity index (χ4n) is 12.9. The van der Waals surface area contributed by atoms with Gasteiger partial charge in [-0.15, -0.1) is 0 Å². The van der Waals surface area contributed by atoms with E-state index in [9.17, 15) is 28.8 Å². The largest absolute Gasteiger partial charge is 0.487 e. The average molecular weight is 1550 g/mol. The number of rotatable bonds is 56. The molecular weight excluding hydrogens is 1420 g/mol. The first-order valence-electron chi connectivity index (χ1n) is 38.4. The first-order chi connectivity index (χ1) is 51.4. The van der Waals surface area contributed by atoms with Gasteiger partial charge in [-0.3, -0.25) is 28.8 Å². The molecule has 0 bridgehead atoms. The molecule has 4 rings (SSSR count). The first kappa shape index (κ1) is 94.1. The fraction of sp³-hybridized carbons (Fsp3) is 0.827. The van der Waals surface area contributed by atoms with Crippen LogP contribution in [-0.4, -0.2) is 259 Å². The Morgan fingerprint density at radius 3 is 1.22 bits per heavy atom. The topological polar surface area (TPSA) is 353 Å². The number of nitriles is 1. The molecule has 0 radical (unpaired) electrons. The van der Waals surface area contributed by atoms with Gasteiger partial charge in [0.2, 0.25) is 23.5 Å².